The summed E-state index contributed by atoms with van der Waals surface area (Å²) in [5, 5.41) is 3.14. The van der Waals surface area contributed by atoms with Gasteiger partial charge in [-0.15, -0.1) is 0 Å². The minimum Gasteiger partial charge on any atom is -0.452 e. The number of amides is 1. The van der Waals surface area contributed by atoms with Crippen LogP contribution in [0.1, 0.15) is 21.5 Å². The molecule has 26 heavy (non-hydrogen) atoms. The Morgan fingerprint density at radius 2 is 1.85 bits per heavy atom. The number of hydrogen-bond donors (Lipinski definition) is 1. The standard InChI is InChI=1S/C18H18ClNO5S/c1-26(23,24)12-13-5-4-7-14(9-13)18(22)25-11-17(21)20-10-15-6-2-3-8-16(15)19/h2-9H,10-12H2,1H3,(H,20,21). The Labute approximate surface area is 157 Å². The number of sulfone groups is 1. The second-order valence-electron chi connectivity index (χ2n) is 5.71. The molecule has 2 aromatic rings. The number of carbonyl (C=O) groups is 2. The van der Waals surface area contributed by atoms with Crippen LogP contribution in [0.2, 0.25) is 5.02 Å². The van der Waals surface area contributed by atoms with Crippen molar-refractivity contribution in [3.05, 3.63) is 70.2 Å². The van der Waals surface area contributed by atoms with Crippen molar-refractivity contribution in [1.29, 1.82) is 0 Å². The second kappa shape index (κ2) is 8.82. The number of rotatable bonds is 7. The van der Waals surface area contributed by atoms with Gasteiger partial charge in [-0.25, -0.2) is 13.2 Å². The van der Waals surface area contributed by atoms with E-state index in [0.717, 1.165) is 11.8 Å². The maximum absolute atomic E-state index is 12.0. The third-order valence-electron chi connectivity index (χ3n) is 3.36. The van der Waals surface area contributed by atoms with Crippen LogP contribution in [0.5, 0.6) is 0 Å². The zero-order valence-corrected chi connectivity index (χ0v) is 15.6. The van der Waals surface area contributed by atoms with Crippen LogP contribution in [0, 0.1) is 0 Å². The molecule has 2 rings (SSSR count). The van der Waals surface area contributed by atoms with Gasteiger partial charge in [0.25, 0.3) is 5.91 Å². The Morgan fingerprint density at radius 3 is 2.54 bits per heavy atom. The number of ether oxygens (including phenoxy) is 1. The van der Waals surface area contributed by atoms with Gasteiger partial charge in [-0.1, -0.05) is 41.9 Å². The Morgan fingerprint density at radius 1 is 1.12 bits per heavy atom. The van der Waals surface area contributed by atoms with Crippen molar-refractivity contribution in [3.63, 3.8) is 0 Å². The molecule has 138 valence electrons. The predicted molar refractivity (Wildman–Crippen MR) is 98.6 cm³/mol. The molecule has 0 aliphatic rings. The highest BCUT2D eigenvalue weighted by molar-refractivity contribution is 7.89. The van der Waals surface area contributed by atoms with Crippen LogP contribution in [0.3, 0.4) is 0 Å². The van der Waals surface area contributed by atoms with Gasteiger partial charge in [0.2, 0.25) is 0 Å². The third kappa shape index (κ3) is 6.50. The van der Waals surface area contributed by atoms with Gasteiger partial charge >= 0.3 is 5.97 Å². The van der Waals surface area contributed by atoms with Gasteiger partial charge in [0, 0.05) is 17.8 Å². The van der Waals surface area contributed by atoms with Crippen molar-refractivity contribution in [3.8, 4) is 0 Å². The van der Waals surface area contributed by atoms with Crippen molar-refractivity contribution in [2.45, 2.75) is 12.3 Å². The van der Waals surface area contributed by atoms with E-state index < -0.39 is 28.3 Å². The lowest BCUT2D eigenvalue weighted by Crippen LogP contribution is -2.28. The van der Waals surface area contributed by atoms with Crippen molar-refractivity contribution < 1.29 is 22.7 Å². The first-order chi connectivity index (χ1) is 12.2. The van der Waals surface area contributed by atoms with Gasteiger partial charge in [-0.2, -0.15) is 0 Å². The maximum atomic E-state index is 12.0. The zero-order chi connectivity index (χ0) is 19.2. The molecule has 0 spiro atoms. The van der Waals surface area contributed by atoms with Gasteiger partial charge in [0.05, 0.1) is 11.3 Å². The van der Waals surface area contributed by atoms with Gasteiger partial charge in [-0.05, 0) is 29.3 Å². The van der Waals surface area contributed by atoms with Crippen LogP contribution in [0.4, 0.5) is 0 Å². The van der Waals surface area contributed by atoms with E-state index in [1.165, 1.54) is 12.1 Å². The van der Waals surface area contributed by atoms with Crippen LogP contribution in [-0.2, 0) is 31.7 Å². The minimum atomic E-state index is -3.21. The number of esters is 1. The van der Waals surface area contributed by atoms with Crippen molar-refractivity contribution in [2.75, 3.05) is 12.9 Å². The Hall–Kier alpha value is -2.38. The van der Waals surface area contributed by atoms with Gasteiger partial charge in [-0.3, -0.25) is 4.79 Å². The highest BCUT2D eigenvalue weighted by Gasteiger charge is 2.12. The first kappa shape index (κ1) is 19.9. The molecule has 0 saturated heterocycles. The Kier molecular flexibility index (Phi) is 6.76. The fourth-order valence-electron chi connectivity index (χ4n) is 2.19. The van der Waals surface area contributed by atoms with Crippen molar-refractivity contribution in [2.24, 2.45) is 0 Å². The number of carbonyl (C=O) groups excluding carboxylic acids is 2. The fourth-order valence-corrected chi connectivity index (χ4v) is 3.18. The molecular weight excluding hydrogens is 378 g/mol. The molecule has 0 aliphatic heterocycles. The van der Waals surface area contributed by atoms with E-state index in [2.05, 4.69) is 5.32 Å². The molecule has 0 bridgehead atoms. The van der Waals surface area contributed by atoms with Crippen LogP contribution < -0.4 is 5.32 Å². The molecule has 2 aromatic carbocycles. The van der Waals surface area contributed by atoms with E-state index in [1.54, 1.807) is 36.4 Å². The fraction of sp³-hybridized carbons (Fsp3) is 0.222. The summed E-state index contributed by atoms with van der Waals surface area (Å²) in [6, 6.07) is 13.2. The highest BCUT2D eigenvalue weighted by atomic mass is 35.5. The number of halogens is 1. The summed E-state index contributed by atoms with van der Waals surface area (Å²) < 4.78 is 27.6. The number of benzene rings is 2. The van der Waals surface area contributed by atoms with Crippen LogP contribution in [-0.4, -0.2) is 33.2 Å². The summed E-state index contributed by atoms with van der Waals surface area (Å²) in [5.41, 5.74) is 1.41. The van der Waals surface area contributed by atoms with E-state index in [1.807, 2.05) is 0 Å². The molecule has 0 aliphatic carbocycles. The molecule has 0 saturated carbocycles. The maximum Gasteiger partial charge on any atom is 0.338 e. The molecule has 0 aromatic heterocycles. The summed E-state index contributed by atoms with van der Waals surface area (Å²) in [5.74, 6) is -1.34. The summed E-state index contributed by atoms with van der Waals surface area (Å²) in [7, 11) is -3.21. The molecule has 0 unspecified atom stereocenters. The van der Waals surface area contributed by atoms with Crippen LogP contribution in [0.25, 0.3) is 0 Å². The predicted octanol–water partition coefficient (Wildman–Crippen LogP) is 2.36. The lowest BCUT2D eigenvalue weighted by Gasteiger charge is -2.08. The average molecular weight is 396 g/mol. The molecule has 8 heteroatoms. The SMILES string of the molecule is CS(=O)(=O)Cc1cccc(C(=O)OCC(=O)NCc2ccccc2Cl)c1. The molecule has 0 fully saturated rings. The molecule has 0 heterocycles. The molecule has 1 amide bonds. The Bertz CT molecular complexity index is 911. The molecule has 0 radical (unpaired) electrons. The van der Waals surface area contributed by atoms with E-state index in [9.17, 15) is 18.0 Å². The minimum absolute atomic E-state index is 0.174. The van der Waals surface area contributed by atoms with Crippen molar-refractivity contribution in [1.82, 2.24) is 5.32 Å². The number of hydrogen-bond acceptors (Lipinski definition) is 5. The first-order valence-electron chi connectivity index (χ1n) is 7.68. The summed E-state index contributed by atoms with van der Waals surface area (Å²) in [6.07, 6.45) is 1.11. The monoisotopic (exact) mass is 395 g/mol. The first-order valence-corrected chi connectivity index (χ1v) is 10.1. The molecule has 0 atom stereocenters. The van der Waals surface area contributed by atoms with Gasteiger partial charge in [0.15, 0.2) is 16.4 Å². The van der Waals surface area contributed by atoms with E-state index in [0.29, 0.717) is 10.6 Å². The quantitative estimate of drug-likeness (QED) is 0.727. The van der Waals surface area contributed by atoms with Crippen molar-refractivity contribution >= 4 is 33.3 Å². The average Bonchev–Trinajstić information content (AvgIpc) is 2.57. The van der Waals surface area contributed by atoms with E-state index in [-0.39, 0.29) is 17.9 Å². The largest absolute Gasteiger partial charge is 0.452 e. The number of nitrogens with one attached hydrogen (secondary N) is 1. The molecule has 6 nitrogen and oxygen atoms in total. The van der Waals surface area contributed by atoms with Gasteiger partial charge in [0.1, 0.15) is 0 Å². The lowest BCUT2D eigenvalue weighted by atomic mass is 10.1. The highest BCUT2D eigenvalue weighted by Crippen LogP contribution is 2.14. The lowest BCUT2D eigenvalue weighted by molar-refractivity contribution is -0.124. The summed E-state index contributed by atoms with van der Waals surface area (Å²) in [6.45, 7) is -0.223. The summed E-state index contributed by atoms with van der Waals surface area (Å²) >= 11 is 6.00. The smallest absolute Gasteiger partial charge is 0.338 e. The Balaban J connectivity index is 1.87. The zero-order valence-electron chi connectivity index (χ0n) is 14.1. The normalized spacial score (nSPS) is 11.0. The van der Waals surface area contributed by atoms with Crippen LogP contribution >= 0.6 is 11.6 Å². The molecular formula is C18H18ClNO5S. The van der Waals surface area contributed by atoms with E-state index in [4.69, 9.17) is 16.3 Å². The van der Waals surface area contributed by atoms with E-state index >= 15 is 0 Å². The third-order valence-corrected chi connectivity index (χ3v) is 4.59. The van der Waals surface area contributed by atoms with Gasteiger partial charge < -0.3 is 10.1 Å². The second-order valence-corrected chi connectivity index (χ2v) is 8.26. The summed E-state index contributed by atoms with van der Waals surface area (Å²) in [4.78, 5) is 23.8. The van der Waals surface area contributed by atoms with Crippen LogP contribution in [0.15, 0.2) is 48.5 Å². The molecule has 1 N–H and O–H groups in total. The topological polar surface area (TPSA) is 89.5 Å².